The lowest BCUT2D eigenvalue weighted by Crippen LogP contribution is -2.27. The van der Waals surface area contributed by atoms with Crippen LogP contribution in [0.3, 0.4) is 0 Å². The van der Waals surface area contributed by atoms with Crippen molar-refractivity contribution in [2.75, 3.05) is 19.9 Å². The first kappa shape index (κ1) is 13.4. The highest BCUT2D eigenvalue weighted by atomic mass is 32.7. The second-order valence-corrected chi connectivity index (χ2v) is 8.06. The molecule has 0 rings (SSSR count). The monoisotopic (exact) mass is 222 g/mol. The van der Waals surface area contributed by atoms with Crippen molar-refractivity contribution >= 4 is 23.6 Å². The van der Waals surface area contributed by atoms with Gasteiger partial charge in [-0.15, -0.1) is 0 Å². The number of unbranched alkanes of at least 4 members (excludes halogenated alkanes) is 1. The van der Waals surface area contributed by atoms with E-state index in [1.807, 2.05) is 0 Å². The average Bonchev–Trinajstić information content (AvgIpc) is 2.03. The van der Waals surface area contributed by atoms with Gasteiger partial charge in [0, 0.05) is 0 Å². The van der Waals surface area contributed by atoms with E-state index in [9.17, 15) is 4.79 Å². The molecule has 4 N–H and O–H groups in total. The van der Waals surface area contributed by atoms with E-state index < -0.39 is 0 Å². The highest BCUT2D eigenvalue weighted by Crippen LogP contribution is 2.42. The zero-order valence-electron chi connectivity index (χ0n) is 8.32. The number of hydrogen-bond donors (Lipinski definition) is 2. The van der Waals surface area contributed by atoms with Gasteiger partial charge in [0.05, 0.1) is 6.04 Å². The minimum atomic E-state index is -0.290. The van der Waals surface area contributed by atoms with Crippen molar-refractivity contribution in [1.82, 2.24) is 0 Å². The van der Waals surface area contributed by atoms with Gasteiger partial charge in [0.15, 0.2) is 0 Å². The van der Waals surface area contributed by atoms with Crippen LogP contribution in [0.25, 0.3) is 0 Å². The van der Waals surface area contributed by atoms with E-state index in [0.717, 1.165) is 19.3 Å². The maximum absolute atomic E-state index is 11.4. The van der Waals surface area contributed by atoms with Crippen molar-refractivity contribution in [3.63, 3.8) is 0 Å². The average molecular weight is 222 g/mol. The molecule has 78 valence electrons. The molecule has 0 saturated carbocycles. The Morgan fingerprint density at radius 2 is 2.08 bits per heavy atom. The zero-order chi connectivity index (χ0) is 10.3. The summed E-state index contributed by atoms with van der Waals surface area (Å²) in [5.74, 6) is 0. The molecule has 0 spiro atoms. The van der Waals surface area contributed by atoms with Crippen LogP contribution in [0.1, 0.15) is 19.3 Å². The lowest BCUT2D eigenvalue weighted by atomic mass is 10.1. The molecule has 0 heterocycles. The number of nitrogens with two attached hydrogens (primary N) is 2. The topological polar surface area (TPSA) is 69.1 Å². The lowest BCUT2D eigenvalue weighted by molar-refractivity contribution is -0.112. The number of hydrogen-bond acceptors (Lipinski definition) is 4. The van der Waals surface area contributed by atoms with Gasteiger partial charge in [-0.2, -0.15) is 0 Å². The molecule has 0 unspecified atom stereocenters. The van der Waals surface area contributed by atoms with Crippen LogP contribution in [0.2, 0.25) is 0 Å². The Morgan fingerprint density at radius 1 is 1.46 bits per heavy atom. The first-order valence-electron chi connectivity index (χ1n) is 4.42. The van der Waals surface area contributed by atoms with E-state index in [-0.39, 0.29) is 18.3 Å². The molecule has 0 aliphatic carbocycles. The number of carbonyl (C=O) groups excluding carboxylic acids is 1. The summed E-state index contributed by atoms with van der Waals surface area (Å²) in [5.41, 5.74) is 11.0. The van der Waals surface area contributed by atoms with Crippen LogP contribution in [-0.4, -0.2) is 31.0 Å². The predicted molar refractivity (Wildman–Crippen MR) is 62.2 cm³/mol. The van der Waals surface area contributed by atoms with E-state index in [1.165, 1.54) is 11.4 Å². The third kappa shape index (κ3) is 7.44. The Kier molecular flexibility index (Phi) is 7.96. The third-order valence-corrected chi connectivity index (χ3v) is 4.03. The van der Waals surface area contributed by atoms with Crippen molar-refractivity contribution in [2.24, 2.45) is 11.5 Å². The molecule has 0 aromatic carbocycles. The van der Waals surface area contributed by atoms with Crippen molar-refractivity contribution in [1.29, 1.82) is 0 Å². The van der Waals surface area contributed by atoms with Crippen molar-refractivity contribution in [3.05, 3.63) is 0 Å². The molecular weight excluding hydrogens is 203 g/mol. The molecule has 0 bridgehead atoms. The van der Waals surface area contributed by atoms with E-state index in [4.69, 9.17) is 11.5 Å². The summed E-state index contributed by atoms with van der Waals surface area (Å²) in [5, 5.41) is 0.133. The Labute approximate surface area is 85.5 Å². The standard InChI is InChI=1S/C8H19N2OPS/c1-12(2)13-8(11)7(10)5-3-4-6-9/h7H,3-6,9-10H2,1-2H3/t7-/m0/s1. The van der Waals surface area contributed by atoms with Gasteiger partial charge in [-0.05, 0) is 39.8 Å². The summed E-state index contributed by atoms with van der Waals surface area (Å²) in [7, 11) is -0.228. The van der Waals surface area contributed by atoms with Crippen LogP contribution in [0, 0.1) is 0 Å². The number of rotatable bonds is 6. The van der Waals surface area contributed by atoms with Crippen LogP contribution in [0.4, 0.5) is 0 Å². The second-order valence-electron chi connectivity index (χ2n) is 3.11. The molecule has 0 aromatic rings. The van der Waals surface area contributed by atoms with Crippen LogP contribution in [-0.2, 0) is 4.79 Å². The van der Waals surface area contributed by atoms with E-state index >= 15 is 0 Å². The van der Waals surface area contributed by atoms with E-state index in [1.54, 1.807) is 0 Å². The maximum atomic E-state index is 11.4. The van der Waals surface area contributed by atoms with E-state index in [0.29, 0.717) is 6.54 Å². The fourth-order valence-corrected chi connectivity index (χ4v) is 2.97. The van der Waals surface area contributed by atoms with Gasteiger partial charge in [-0.1, -0.05) is 17.8 Å². The Bertz CT molecular complexity index is 155. The molecule has 5 heteroatoms. The summed E-state index contributed by atoms with van der Waals surface area (Å²) in [6.07, 6.45) is 2.68. The molecule has 0 amide bonds. The first-order valence-corrected chi connectivity index (χ1v) is 8.08. The van der Waals surface area contributed by atoms with Gasteiger partial charge >= 0.3 is 0 Å². The largest absolute Gasteiger partial charge is 0.330 e. The maximum Gasteiger partial charge on any atom is 0.209 e. The zero-order valence-corrected chi connectivity index (χ0v) is 10.0. The molecule has 0 saturated heterocycles. The Balaban J connectivity index is 3.57. The summed E-state index contributed by atoms with van der Waals surface area (Å²) >= 11 is 1.39. The molecule has 13 heavy (non-hydrogen) atoms. The molecule has 3 nitrogen and oxygen atoms in total. The third-order valence-electron chi connectivity index (χ3n) is 1.54. The van der Waals surface area contributed by atoms with Gasteiger partial charge in [-0.3, -0.25) is 4.79 Å². The highest BCUT2D eigenvalue weighted by Gasteiger charge is 2.14. The Morgan fingerprint density at radius 3 is 2.54 bits per heavy atom. The SMILES string of the molecule is CP(C)SC(=O)[C@@H](N)CCCCN. The van der Waals surface area contributed by atoms with Crippen LogP contribution in [0.15, 0.2) is 0 Å². The van der Waals surface area contributed by atoms with Gasteiger partial charge < -0.3 is 11.5 Å². The summed E-state index contributed by atoms with van der Waals surface area (Å²) < 4.78 is 0. The normalized spacial score (nSPS) is 13.3. The van der Waals surface area contributed by atoms with Crippen LogP contribution < -0.4 is 11.5 Å². The van der Waals surface area contributed by atoms with Crippen molar-refractivity contribution in [2.45, 2.75) is 25.3 Å². The van der Waals surface area contributed by atoms with Gasteiger partial charge in [-0.25, -0.2) is 0 Å². The highest BCUT2D eigenvalue weighted by molar-refractivity contribution is 8.62. The summed E-state index contributed by atoms with van der Waals surface area (Å²) in [6.45, 7) is 4.80. The fourth-order valence-electron chi connectivity index (χ4n) is 0.874. The van der Waals surface area contributed by atoms with Gasteiger partial charge in [0.2, 0.25) is 5.12 Å². The van der Waals surface area contributed by atoms with Crippen LogP contribution in [0.5, 0.6) is 0 Å². The van der Waals surface area contributed by atoms with Crippen molar-refractivity contribution in [3.8, 4) is 0 Å². The molecule has 0 aromatic heterocycles. The van der Waals surface area contributed by atoms with E-state index in [2.05, 4.69) is 13.3 Å². The Hall–Kier alpha value is 0.370. The summed E-state index contributed by atoms with van der Waals surface area (Å²) in [6, 6.07) is -0.290. The quantitative estimate of drug-likeness (QED) is 0.526. The smallest absolute Gasteiger partial charge is 0.209 e. The fraction of sp³-hybridized carbons (Fsp3) is 0.875. The molecule has 0 fully saturated rings. The van der Waals surface area contributed by atoms with Gasteiger partial charge in [0.1, 0.15) is 0 Å². The predicted octanol–water partition coefficient (Wildman–Crippen LogP) is 1.36. The molecule has 0 aliphatic rings. The minimum Gasteiger partial charge on any atom is -0.330 e. The van der Waals surface area contributed by atoms with Gasteiger partial charge in [0.25, 0.3) is 0 Å². The minimum absolute atomic E-state index is 0.133. The molecule has 1 atom stereocenters. The first-order chi connectivity index (χ1) is 6.07. The molecular formula is C8H19N2OPS. The second kappa shape index (κ2) is 7.74. The molecule has 0 aliphatic heterocycles. The molecule has 0 radical (unpaired) electrons. The van der Waals surface area contributed by atoms with Crippen LogP contribution >= 0.6 is 18.5 Å². The van der Waals surface area contributed by atoms with Crippen molar-refractivity contribution < 1.29 is 4.79 Å². The summed E-state index contributed by atoms with van der Waals surface area (Å²) in [4.78, 5) is 11.4. The lowest BCUT2D eigenvalue weighted by Gasteiger charge is -2.10. The number of carbonyl (C=O) groups is 1.